The molecule has 1 atom stereocenters. The van der Waals surface area contributed by atoms with Crippen molar-refractivity contribution >= 4 is 22.5 Å². The molecule has 1 aromatic carbocycles. The van der Waals surface area contributed by atoms with E-state index in [0.717, 1.165) is 23.8 Å². The second kappa shape index (κ2) is 9.86. The van der Waals surface area contributed by atoms with Crippen LogP contribution in [0.5, 0.6) is 5.88 Å². The van der Waals surface area contributed by atoms with Gasteiger partial charge in [0.15, 0.2) is 0 Å². The molecular formula is C25H30FN3O2. The minimum Gasteiger partial charge on any atom is -0.478 e. The zero-order valence-electron chi connectivity index (χ0n) is 18.9. The SMILES string of the molecule is CCC(C)CCCOc1ccc(-c2cc3c(C)c(N(C)C(C)=O)cnc3cc2F)cn1. The van der Waals surface area contributed by atoms with Crippen LogP contribution in [0.15, 0.2) is 36.7 Å². The molecule has 3 aromatic rings. The normalized spacial score (nSPS) is 12.1. The van der Waals surface area contributed by atoms with Crippen LogP contribution in [0.25, 0.3) is 22.0 Å². The summed E-state index contributed by atoms with van der Waals surface area (Å²) in [6, 6.07) is 6.78. The fourth-order valence-corrected chi connectivity index (χ4v) is 3.50. The van der Waals surface area contributed by atoms with Gasteiger partial charge < -0.3 is 9.64 Å². The molecule has 0 saturated heterocycles. The van der Waals surface area contributed by atoms with Crippen LogP contribution in [-0.2, 0) is 4.79 Å². The number of pyridine rings is 2. The highest BCUT2D eigenvalue weighted by atomic mass is 19.1. The molecule has 2 heterocycles. The Balaban J connectivity index is 1.84. The van der Waals surface area contributed by atoms with Gasteiger partial charge in [0.25, 0.3) is 0 Å². The molecule has 0 radical (unpaired) electrons. The van der Waals surface area contributed by atoms with E-state index in [2.05, 4.69) is 23.8 Å². The van der Waals surface area contributed by atoms with Gasteiger partial charge in [-0.2, -0.15) is 0 Å². The lowest BCUT2D eigenvalue weighted by atomic mass is 10.0. The van der Waals surface area contributed by atoms with Gasteiger partial charge in [-0.05, 0) is 43.4 Å². The standard InChI is InChI=1S/C25H30FN3O2/c1-6-16(2)8-7-11-31-25-10-9-19(14-28-25)21-12-20-17(3)24(29(5)18(4)30)15-27-23(20)13-22(21)26/h9-10,12-16H,6-8,11H2,1-5H3. The van der Waals surface area contributed by atoms with E-state index in [1.165, 1.54) is 19.4 Å². The van der Waals surface area contributed by atoms with Crippen LogP contribution >= 0.6 is 0 Å². The summed E-state index contributed by atoms with van der Waals surface area (Å²) in [4.78, 5) is 22.0. The van der Waals surface area contributed by atoms with Gasteiger partial charge in [-0.1, -0.05) is 20.3 Å². The van der Waals surface area contributed by atoms with E-state index in [0.29, 0.717) is 40.7 Å². The van der Waals surface area contributed by atoms with Gasteiger partial charge in [0.05, 0.1) is 24.0 Å². The van der Waals surface area contributed by atoms with E-state index < -0.39 is 0 Å². The molecule has 0 spiro atoms. The quantitative estimate of drug-likeness (QED) is 0.421. The molecule has 0 bridgehead atoms. The minimum absolute atomic E-state index is 0.0875. The van der Waals surface area contributed by atoms with Gasteiger partial charge in [-0.25, -0.2) is 9.37 Å². The molecule has 6 heteroatoms. The smallest absolute Gasteiger partial charge is 0.223 e. The number of halogens is 1. The summed E-state index contributed by atoms with van der Waals surface area (Å²) in [7, 11) is 1.70. The highest BCUT2D eigenvalue weighted by Crippen LogP contribution is 2.32. The van der Waals surface area contributed by atoms with Crippen molar-refractivity contribution in [1.29, 1.82) is 0 Å². The van der Waals surface area contributed by atoms with E-state index >= 15 is 0 Å². The molecule has 0 N–H and O–H groups in total. The largest absolute Gasteiger partial charge is 0.478 e. The zero-order valence-corrected chi connectivity index (χ0v) is 18.9. The number of anilines is 1. The maximum Gasteiger partial charge on any atom is 0.223 e. The number of ether oxygens (including phenoxy) is 1. The first kappa shape index (κ1) is 22.7. The van der Waals surface area contributed by atoms with Crippen molar-refractivity contribution in [3.63, 3.8) is 0 Å². The number of carbonyl (C=O) groups excluding carboxylic acids is 1. The molecule has 3 rings (SSSR count). The Bertz CT molecular complexity index is 1070. The molecule has 2 aromatic heterocycles. The van der Waals surface area contributed by atoms with Gasteiger partial charge in [0.1, 0.15) is 5.82 Å². The number of aromatic nitrogens is 2. The number of hydrogen-bond acceptors (Lipinski definition) is 4. The van der Waals surface area contributed by atoms with Gasteiger partial charge in [0.2, 0.25) is 11.8 Å². The molecule has 1 unspecified atom stereocenters. The Morgan fingerprint density at radius 1 is 1.23 bits per heavy atom. The van der Waals surface area contributed by atoms with Crippen LogP contribution in [0.1, 0.15) is 45.6 Å². The van der Waals surface area contributed by atoms with Crippen molar-refractivity contribution < 1.29 is 13.9 Å². The van der Waals surface area contributed by atoms with Crippen molar-refractivity contribution in [3.8, 4) is 17.0 Å². The molecule has 0 aliphatic rings. The first-order valence-electron chi connectivity index (χ1n) is 10.7. The Hall–Kier alpha value is -3.02. The van der Waals surface area contributed by atoms with Crippen molar-refractivity contribution in [3.05, 3.63) is 48.0 Å². The number of aryl methyl sites for hydroxylation is 1. The average molecular weight is 424 g/mol. The Morgan fingerprint density at radius 2 is 2.00 bits per heavy atom. The van der Waals surface area contributed by atoms with Gasteiger partial charge >= 0.3 is 0 Å². The van der Waals surface area contributed by atoms with Crippen molar-refractivity contribution in [1.82, 2.24) is 9.97 Å². The summed E-state index contributed by atoms with van der Waals surface area (Å²) in [5.41, 5.74) is 3.23. The second-order valence-corrected chi connectivity index (χ2v) is 8.08. The maximum atomic E-state index is 14.8. The first-order valence-corrected chi connectivity index (χ1v) is 10.7. The fourth-order valence-electron chi connectivity index (χ4n) is 3.50. The van der Waals surface area contributed by atoms with Crippen LogP contribution in [0, 0.1) is 18.7 Å². The first-order chi connectivity index (χ1) is 14.8. The molecular weight excluding hydrogens is 393 g/mol. The van der Waals surface area contributed by atoms with Gasteiger partial charge in [-0.15, -0.1) is 0 Å². The van der Waals surface area contributed by atoms with Crippen LogP contribution in [0.3, 0.4) is 0 Å². The summed E-state index contributed by atoms with van der Waals surface area (Å²) in [6.45, 7) is 8.47. The number of fused-ring (bicyclic) bond motifs is 1. The predicted molar refractivity (Wildman–Crippen MR) is 123 cm³/mol. The Labute approximate surface area is 183 Å². The number of hydrogen-bond donors (Lipinski definition) is 0. The Morgan fingerprint density at radius 3 is 2.65 bits per heavy atom. The van der Waals surface area contributed by atoms with Crippen LogP contribution in [0.2, 0.25) is 0 Å². The van der Waals surface area contributed by atoms with E-state index in [4.69, 9.17) is 4.74 Å². The molecule has 0 fully saturated rings. The number of benzene rings is 1. The summed E-state index contributed by atoms with van der Waals surface area (Å²) < 4.78 is 20.5. The zero-order chi connectivity index (χ0) is 22.5. The lowest BCUT2D eigenvalue weighted by Gasteiger charge is -2.19. The summed E-state index contributed by atoms with van der Waals surface area (Å²) in [6.07, 6.45) is 6.52. The van der Waals surface area contributed by atoms with Gasteiger partial charge in [0, 0.05) is 48.8 Å². The third-order valence-corrected chi connectivity index (χ3v) is 5.87. The molecule has 1 amide bonds. The molecule has 31 heavy (non-hydrogen) atoms. The maximum absolute atomic E-state index is 14.8. The lowest BCUT2D eigenvalue weighted by Crippen LogP contribution is -2.23. The molecule has 0 aliphatic carbocycles. The average Bonchev–Trinajstić information content (AvgIpc) is 2.76. The van der Waals surface area contributed by atoms with E-state index in [9.17, 15) is 9.18 Å². The van der Waals surface area contributed by atoms with E-state index in [1.807, 2.05) is 13.0 Å². The Kier molecular flexibility index (Phi) is 7.21. The number of amides is 1. The van der Waals surface area contributed by atoms with Crippen LogP contribution in [-0.4, -0.2) is 29.5 Å². The highest BCUT2D eigenvalue weighted by Gasteiger charge is 2.15. The number of nitrogens with zero attached hydrogens (tertiary/aromatic N) is 3. The predicted octanol–water partition coefficient (Wildman–Crippen LogP) is 5.93. The van der Waals surface area contributed by atoms with Crippen molar-refractivity contribution in [2.24, 2.45) is 5.92 Å². The minimum atomic E-state index is -0.365. The van der Waals surface area contributed by atoms with E-state index in [-0.39, 0.29) is 11.7 Å². The number of carbonyl (C=O) groups is 1. The summed E-state index contributed by atoms with van der Waals surface area (Å²) in [5, 5.41) is 0.798. The van der Waals surface area contributed by atoms with Crippen molar-refractivity contribution in [2.75, 3.05) is 18.6 Å². The van der Waals surface area contributed by atoms with Crippen LogP contribution in [0.4, 0.5) is 10.1 Å². The molecule has 164 valence electrons. The number of rotatable bonds is 8. The topological polar surface area (TPSA) is 55.3 Å². The summed E-state index contributed by atoms with van der Waals surface area (Å²) in [5.74, 6) is 0.785. The third-order valence-electron chi connectivity index (χ3n) is 5.87. The van der Waals surface area contributed by atoms with Crippen LogP contribution < -0.4 is 9.64 Å². The fraction of sp³-hybridized carbons (Fsp3) is 0.400. The second-order valence-electron chi connectivity index (χ2n) is 8.08. The van der Waals surface area contributed by atoms with E-state index in [1.54, 1.807) is 36.5 Å². The van der Waals surface area contributed by atoms with Crippen molar-refractivity contribution in [2.45, 2.75) is 47.0 Å². The molecule has 0 saturated carbocycles. The lowest BCUT2D eigenvalue weighted by molar-refractivity contribution is -0.116. The molecule has 5 nitrogen and oxygen atoms in total. The third kappa shape index (κ3) is 5.19. The highest BCUT2D eigenvalue weighted by molar-refractivity contribution is 5.97. The van der Waals surface area contributed by atoms with Gasteiger partial charge in [-0.3, -0.25) is 9.78 Å². The molecule has 0 aliphatic heterocycles. The monoisotopic (exact) mass is 423 g/mol. The summed E-state index contributed by atoms with van der Waals surface area (Å²) >= 11 is 0.